The molecule has 0 aromatic heterocycles. The highest BCUT2D eigenvalue weighted by atomic mass is 35.5. The van der Waals surface area contributed by atoms with E-state index in [1.807, 2.05) is 29.2 Å². The third-order valence-electron chi connectivity index (χ3n) is 3.94. The molecular formula is C16H22ClNO. The molecule has 0 heterocycles. The first-order valence-corrected chi connectivity index (χ1v) is 7.76. The van der Waals surface area contributed by atoms with E-state index in [-0.39, 0.29) is 5.91 Å². The maximum atomic E-state index is 12.7. The van der Waals surface area contributed by atoms with Crippen LogP contribution in [0.2, 0.25) is 0 Å². The van der Waals surface area contributed by atoms with Crippen molar-refractivity contribution in [1.82, 2.24) is 4.90 Å². The first-order chi connectivity index (χ1) is 9.27. The van der Waals surface area contributed by atoms with E-state index in [1.54, 1.807) is 0 Å². The van der Waals surface area contributed by atoms with Crippen LogP contribution >= 0.6 is 11.6 Å². The van der Waals surface area contributed by atoms with E-state index in [1.165, 1.54) is 6.42 Å². The molecule has 1 aromatic rings. The summed E-state index contributed by atoms with van der Waals surface area (Å²) < 4.78 is 0. The van der Waals surface area contributed by atoms with E-state index < -0.39 is 0 Å². The molecule has 104 valence electrons. The van der Waals surface area contributed by atoms with Gasteiger partial charge in [0.05, 0.1) is 0 Å². The summed E-state index contributed by atoms with van der Waals surface area (Å²) in [7, 11) is 0. The molecule has 1 amide bonds. The summed E-state index contributed by atoms with van der Waals surface area (Å²) >= 11 is 5.78. The van der Waals surface area contributed by atoms with Crippen LogP contribution in [-0.4, -0.2) is 29.3 Å². The van der Waals surface area contributed by atoms with Gasteiger partial charge in [0.2, 0.25) is 0 Å². The second kappa shape index (κ2) is 6.95. The maximum Gasteiger partial charge on any atom is 0.254 e. The zero-order valence-corrected chi connectivity index (χ0v) is 12.3. The summed E-state index contributed by atoms with van der Waals surface area (Å²) in [6.07, 6.45) is 5.30. The average Bonchev–Trinajstić information content (AvgIpc) is 2.40. The van der Waals surface area contributed by atoms with Crippen molar-refractivity contribution in [3.8, 4) is 0 Å². The summed E-state index contributed by atoms with van der Waals surface area (Å²) in [4.78, 5) is 14.8. The van der Waals surface area contributed by atoms with Crippen molar-refractivity contribution >= 4 is 17.5 Å². The third-order valence-corrected chi connectivity index (χ3v) is 4.20. The number of hydrogen-bond donors (Lipinski definition) is 0. The van der Waals surface area contributed by atoms with Crippen LogP contribution in [0.1, 0.15) is 48.5 Å². The topological polar surface area (TPSA) is 20.3 Å². The summed E-state index contributed by atoms with van der Waals surface area (Å²) in [5.41, 5.74) is 2.01. The van der Waals surface area contributed by atoms with Gasteiger partial charge in [0.15, 0.2) is 0 Å². The van der Waals surface area contributed by atoms with E-state index in [2.05, 4.69) is 6.92 Å². The quantitative estimate of drug-likeness (QED) is 0.724. The Bertz CT molecular complexity index is 429. The van der Waals surface area contributed by atoms with E-state index in [4.69, 9.17) is 11.6 Å². The normalized spacial score (nSPS) is 15.1. The molecule has 2 nitrogen and oxygen atoms in total. The largest absolute Gasteiger partial charge is 0.336 e. The van der Waals surface area contributed by atoms with Crippen LogP contribution in [0.3, 0.4) is 0 Å². The predicted octanol–water partition coefficient (Wildman–Crippen LogP) is 3.87. The van der Waals surface area contributed by atoms with Gasteiger partial charge < -0.3 is 4.90 Å². The second-order valence-electron chi connectivity index (χ2n) is 5.14. The van der Waals surface area contributed by atoms with Gasteiger partial charge in [0, 0.05) is 24.0 Å². The zero-order valence-electron chi connectivity index (χ0n) is 11.6. The number of alkyl halides is 1. The lowest BCUT2D eigenvalue weighted by Gasteiger charge is -2.38. The fourth-order valence-corrected chi connectivity index (χ4v) is 2.69. The molecule has 0 bridgehead atoms. The average molecular weight is 280 g/mol. The van der Waals surface area contributed by atoms with Crippen molar-refractivity contribution in [1.29, 1.82) is 0 Å². The van der Waals surface area contributed by atoms with Crippen LogP contribution in [0.25, 0.3) is 0 Å². The molecular weight excluding hydrogens is 258 g/mol. The Hall–Kier alpha value is -1.02. The van der Waals surface area contributed by atoms with Crippen LogP contribution in [0.5, 0.6) is 0 Å². The van der Waals surface area contributed by atoms with Crippen molar-refractivity contribution in [2.45, 2.75) is 45.1 Å². The number of halogens is 1. The van der Waals surface area contributed by atoms with Gasteiger partial charge in [-0.2, -0.15) is 0 Å². The highest BCUT2D eigenvalue weighted by Crippen LogP contribution is 2.27. The Labute approximate surface area is 120 Å². The van der Waals surface area contributed by atoms with E-state index in [0.717, 1.165) is 43.4 Å². The lowest BCUT2D eigenvalue weighted by molar-refractivity contribution is 0.0579. The molecule has 0 aliphatic heterocycles. The molecule has 19 heavy (non-hydrogen) atoms. The summed E-state index contributed by atoms with van der Waals surface area (Å²) in [6.45, 7) is 2.88. The van der Waals surface area contributed by atoms with E-state index in [9.17, 15) is 4.79 Å². The van der Waals surface area contributed by atoms with Crippen LogP contribution in [0.15, 0.2) is 24.3 Å². The summed E-state index contributed by atoms with van der Waals surface area (Å²) in [5, 5.41) is 0. The minimum atomic E-state index is 0.187. The highest BCUT2D eigenvalue weighted by Gasteiger charge is 2.29. The SMILES string of the molecule is CCc1ccccc1C(=O)N(CCCCl)C1CCC1. The molecule has 0 radical (unpaired) electrons. The van der Waals surface area contributed by atoms with Crippen LogP contribution < -0.4 is 0 Å². The predicted molar refractivity (Wildman–Crippen MR) is 79.8 cm³/mol. The highest BCUT2D eigenvalue weighted by molar-refractivity contribution is 6.17. The third kappa shape index (κ3) is 3.30. The Kier molecular flexibility index (Phi) is 5.26. The fraction of sp³-hybridized carbons (Fsp3) is 0.562. The van der Waals surface area contributed by atoms with Gasteiger partial charge >= 0.3 is 0 Å². The molecule has 1 aliphatic carbocycles. The van der Waals surface area contributed by atoms with Gasteiger partial charge in [-0.1, -0.05) is 25.1 Å². The van der Waals surface area contributed by atoms with Gasteiger partial charge in [0.25, 0.3) is 5.91 Å². The van der Waals surface area contributed by atoms with Crippen LogP contribution in [0, 0.1) is 0 Å². The zero-order chi connectivity index (χ0) is 13.7. The lowest BCUT2D eigenvalue weighted by Crippen LogP contribution is -2.45. The van der Waals surface area contributed by atoms with Gasteiger partial charge in [-0.3, -0.25) is 4.79 Å². The van der Waals surface area contributed by atoms with Gasteiger partial charge in [-0.15, -0.1) is 11.6 Å². The number of carbonyl (C=O) groups is 1. The molecule has 0 atom stereocenters. The molecule has 0 unspecified atom stereocenters. The van der Waals surface area contributed by atoms with E-state index >= 15 is 0 Å². The molecule has 1 saturated carbocycles. The minimum absolute atomic E-state index is 0.187. The molecule has 0 N–H and O–H groups in total. The molecule has 2 rings (SSSR count). The number of benzene rings is 1. The number of aryl methyl sites for hydroxylation is 1. The summed E-state index contributed by atoms with van der Waals surface area (Å²) in [5.74, 6) is 0.804. The lowest BCUT2D eigenvalue weighted by atomic mass is 9.90. The number of nitrogens with zero attached hydrogens (tertiary/aromatic N) is 1. The maximum absolute atomic E-state index is 12.7. The Balaban J connectivity index is 2.17. The smallest absolute Gasteiger partial charge is 0.254 e. The number of hydrogen-bond acceptors (Lipinski definition) is 1. The van der Waals surface area contributed by atoms with Crippen molar-refractivity contribution in [3.05, 3.63) is 35.4 Å². The molecule has 1 fully saturated rings. The van der Waals surface area contributed by atoms with Gasteiger partial charge in [-0.05, 0) is 43.7 Å². The van der Waals surface area contributed by atoms with Gasteiger partial charge in [-0.25, -0.2) is 0 Å². The molecule has 3 heteroatoms. The molecule has 0 saturated heterocycles. The Morgan fingerprint density at radius 2 is 2.11 bits per heavy atom. The first-order valence-electron chi connectivity index (χ1n) is 7.22. The minimum Gasteiger partial charge on any atom is -0.336 e. The van der Waals surface area contributed by atoms with E-state index in [0.29, 0.717) is 11.9 Å². The molecule has 1 aromatic carbocycles. The Morgan fingerprint density at radius 1 is 1.37 bits per heavy atom. The van der Waals surface area contributed by atoms with Crippen LogP contribution in [-0.2, 0) is 6.42 Å². The van der Waals surface area contributed by atoms with Crippen molar-refractivity contribution in [2.75, 3.05) is 12.4 Å². The Morgan fingerprint density at radius 3 is 2.68 bits per heavy atom. The summed E-state index contributed by atoms with van der Waals surface area (Å²) in [6, 6.07) is 8.39. The second-order valence-corrected chi connectivity index (χ2v) is 5.51. The van der Waals surface area contributed by atoms with Crippen molar-refractivity contribution in [2.24, 2.45) is 0 Å². The monoisotopic (exact) mass is 279 g/mol. The fourth-order valence-electron chi connectivity index (χ4n) is 2.57. The van der Waals surface area contributed by atoms with Crippen molar-refractivity contribution < 1.29 is 4.79 Å². The molecule has 0 spiro atoms. The number of amides is 1. The first kappa shape index (κ1) is 14.4. The molecule has 1 aliphatic rings. The number of rotatable bonds is 6. The van der Waals surface area contributed by atoms with Crippen LogP contribution in [0.4, 0.5) is 0 Å². The standard InChI is InChI=1S/C16H22ClNO/c1-2-13-7-3-4-10-15(13)16(19)18(12-6-11-17)14-8-5-9-14/h3-4,7,10,14H,2,5-6,8-9,11-12H2,1H3. The van der Waals surface area contributed by atoms with Crippen molar-refractivity contribution in [3.63, 3.8) is 0 Å². The van der Waals surface area contributed by atoms with Gasteiger partial charge in [0.1, 0.15) is 0 Å². The number of carbonyl (C=O) groups excluding carboxylic acids is 1.